The largest absolute Gasteiger partial charge is 0.428 e. The van der Waals surface area contributed by atoms with Gasteiger partial charge in [0, 0.05) is 0 Å². The van der Waals surface area contributed by atoms with Gasteiger partial charge in [-0.05, 0) is 23.1 Å². The summed E-state index contributed by atoms with van der Waals surface area (Å²) in [5.74, 6) is -0.861. The first kappa shape index (κ1) is 17.5. The van der Waals surface area contributed by atoms with Crippen molar-refractivity contribution in [2.75, 3.05) is 6.79 Å². The van der Waals surface area contributed by atoms with Crippen molar-refractivity contribution >= 4 is 11.9 Å². The van der Waals surface area contributed by atoms with E-state index in [0.29, 0.717) is 0 Å². The van der Waals surface area contributed by atoms with E-state index in [1.54, 1.807) is 0 Å². The van der Waals surface area contributed by atoms with E-state index in [1.807, 2.05) is 60.7 Å². The maximum absolute atomic E-state index is 11.8. The first-order chi connectivity index (χ1) is 11.7. The van der Waals surface area contributed by atoms with Gasteiger partial charge in [-0.1, -0.05) is 60.7 Å². The van der Waals surface area contributed by atoms with Crippen molar-refractivity contribution in [2.45, 2.75) is 19.3 Å². The lowest BCUT2D eigenvalue weighted by atomic mass is 10.1. The molecule has 0 N–H and O–H groups in total. The summed E-state index contributed by atoms with van der Waals surface area (Å²) in [6.45, 7) is 3.33. The van der Waals surface area contributed by atoms with E-state index < -0.39 is 11.9 Å². The summed E-state index contributed by atoms with van der Waals surface area (Å²) in [5.41, 5.74) is 2.80. The third-order valence-corrected chi connectivity index (χ3v) is 3.35. The quantitative estimate of drug-likeness (QED) is 0.425. The maximum atomic E-state index is 11.8. The second kappa shape index (κ2) is 9.30. The molecule has 2 aromatic carbocycles. The van der Waals surface area contributed by atoms with Gasteiger partial charge in [-0.2, -0.15) is 0 Å². The molecule has 0 radical (unpaired) electrons. The lowest BCUT2D eigenvalue weighted by molar-refractivity contribution is -0.166. The predicted octanol–water partition coefficient (Wildman–Crippen LogP) is 3.24. The average molecular weight is 324 g/mol. The van der Waals surface area contributed by atoms with Crippen LogP contribution in [0, 0.1) is 0 Å². The fourth-order valence-electron chi connectivity index (χ4n) is 2.23. The molecule has 0 saturated heterocycles. The highest BCUT2D eigenvalue weighted by Crippen LogP contribution is 2.08. The molecule has 2 aromatic rings. The number of esters is 2. The molecule has 0 unspecified atom stereocenters. The van der Waals surface area contributed by atoms with Crippen LogP contribution in [0.4, 0.5) is 0 Å². The standard InChI is InChI=1S/C20H20O4/c1-2-7-16-10-6-11-18(12-16)14-20(22)24-15-23-19(21)13-17-8-4-3-5-9-17/h2-6,8-12H,1,7,13-15H2. The summed E-state index contributed by atoms with van der Waals surface area (Å²) in [6.07, 6.45) is 2.85. The van der Waals surface area contributed by atoms with Crippen molar-refractivity contribution < 1.29 is 19.1 Å². The second-order valence-corrected chi connectivity index (χ2v) is 5.30. The van der Waals surface area contributed by atoms with Crippen LogP contribution in [0.5, 0.6) is 0 Å². The van der Waals surface area contributed by atoms with Crippen LogP contribution < -0.4 is 0 Å². The number of ether oxygens (including phenoxy) is 2. The Balaban J connectivity index is 1.72. The molecule has 0 saturated carbocycles. The summed E-state index contributed by atoms with van der Waals surface area (Å²) < 4.78 is 9.87. The van der Waals surface area contributed by atoms with Gasteiger partial charge >= 0.3 is 11.9 Å². The van der Waals surface area contributed by atoms with E-state index in [0.717, 1.165) is 23.1 Å². The van der Waals surface area contributed by atoms with Crippen molar-refractivity contribution in [3.63, 3.8) is 0 Å². The monoisotopic (exact) mass is 324 g/mol. The number of benzene rings is 2. The summed E-state index contributed by atoms with van der Waals surface area (Å²) >= 11 is 0. The van der Waals surface area contributed by atoms with Crippen LogP contribution in [0.1, 0.15) is 16.7 Å². The molecule has 24 heavy (non-hydrogen) atoms. The van der Waals surface area contributed by atoms with Crippen molar-refractivity contribution in [3.8, 4) is 0 Å². The first-order valence-corrected chi connectivity index (χ1v) is 7.71. The van der Waals surface area contributed by atoms with Gasteiger partial charge in [0.05, 0.1) is 12.8 Å². The van der Waals surface area contributed by atoms with Gasteiger partial charge in [0.15, 0.2) is 0 Å². The summed E-state index contributed by atoms with van der Waals surface area (Å²) in [5, 5.41) is 0. The molecule has 0 heterocycles. The molecule has 0 aliphatic carbocycles. The lowest BCUT2D eigenvalue weighted by Gasteiger charge is -2.07. The van der Waals surface area contributed by atoms with E-state index in [1.165, 1.54) is 0 Å². The summed E-state index contributed by atoms with van der Waals surface area (Å²) in [6, 6.07) is 16.9. The van der Waals surface area contributed by atoms with Gasteiger partial charge in [-0.3, -0.25) is 9.59 Å². The lowest BCUT2D eigenvalue weighted by Crippen LogP contribution is -2.15. The van der Waals surface area contributed by atoms with E-state index >= 15 is 0 Å². The van der Waals surface area contributed by atoms with Gasteiger partial charge in [0.2, 0.25) is 6.79 Å². The zero-order valence-electron chi connectivity index (χ0n) is 13.4. The summed E-state index contributed by atoms with van der Waals surface area (Å²) in [7, 11) is 0. The predicted molar refractivity (Wildman–Crippen MR) is 91.2 cm³/mol. The van der Waals surface area contributed by atoms with E-state index in [9.17, 15) is 9.59 Å². The van der Waals surface area contributed by atoms with Gasteiger partial charge in [0.1, 0.15) is 0 Å². The minimum atomic E-state index is -0.432. The molecule has 0 atom stereocenters. The van der Waals surface area contributed by atoms with Crippen LogP contribution in [0.2, 0.25) is 0 Å². The molecule has 4 nitrogen and oxygen atoms in total. The van der Waals surface area contributed by atoms with Crippen LogP contribution in [0.25, 0.3) is 0 Å². The Labute approximate surface area is 141 Å². The topological polar surface area (TPSA) is 52.6 Å². The highest BCUT2D eigenvalue weighted by atomic mass is 16.7. The Morgan fingerprint density at radius 2 is 1.42 bits per heavy atom. The molecular formula is C20H20O4. The zero-order chi connectivity index (χ0) is 17.2. The minimum absolute atomic E-state index is 0.140. The van der Waals surface area contributed by atoms with Crippen LogP contribution in [0.3, 0.4) is 0 Å². The van der Waals surface area contributed by atoms with Gasteiger partial charge < -0.3 is 9.47 Å². The second-order valence-electron chi connectivity index (χ2n) is 5.30. The Morgan fingerprint density at radius 1 is 0.833 bits per heavy atom. The molecule has 0 spiro atoms. The van der Waals surface area contributed by atoms with E-state index in [-0.39, 0.29) is 19.6 Å². The van der Waals surface area contributed by atoms with Crippen molar-refractivity contribution in [1.29, 1.82) is 0 Å². The number of hydrogen-bond acceptors (Lipinski definition) is 4. The number of rotatable bonds is 8. The van der Waals surface area contributed by atoms with Crippen LogP contribution in [0.15, 0.2) is 67.3 Å². The Hall–Kier alpha value is -2.88. The Morgan fingerprint density at radius 3 is 2.08 bits per heavy atom. The molecule has 2 rings (SSSR count). The van der Waals surface area contributed by atoms with Crippen molar-refractivity contribution in [3.05, 3.63) is 83.9 Å². The minimum Gasteiger partial charge on any atom is -0.428 e. The van der Waals surface area contributed by atoms with E-state index in [2.05, 4.69) is 6.58 Å². The molecular weight excluding hydrogens is 304 g/mol. The molecule has 0 bridgehead atoms. The van der Waals surface area contributed by atoms with Gasteiger partial charge in [0.25, 0.3) is 0 Å². The van der Waals surface area contributed by atoms with Gasteiger partial charge in [-0.15, -0.1) is 6.58 Å². The highest BCUT2D eigenvalue weighted by molar-refractivity contribution is 5.74. The molecule has 0 aliphatic rings. The van der Waals surface area contributed by atoms with Crippen LogP contribution in [-0.2, 0) is 38.3 Å². The first-order valence-electron chi connectivity index (χ1n) is 7.71. The number of allylic oxidation sites excluding steroid dienone is 1. The molecule has 124 valence electrons. The SMILES string of the molecule is C=CCc1cccc(CC(=O)OCOC(=O)Cc2ccccc2)c1. The number of carbonyl (C=O) groups is 2. The fourth-order valence-corrected chi connectivity index (χ4v) is 2.23. The third kappa shape index (κ3) is 6.08. The number of carbonyl (C=O) groups excluding carboxylic acids is 2. The van der Waals surface area contributed by atoms with Gasteiger partial charge in [-0.25, -0.2) is 0 Å². The fraction of sp³-hybridized carbons (Fsp3) is 0.200. The van der Waals surface area contributed by atoms with Crippen LogP contribution in [-0.4, -0.2) is 18.7 Å². The molecule has 4 heteroatoms. The number of hydrogen-bond donors (Lipinski definition) is 0. The maximum Gasteiger partial charge on any atom is 0.313 e. The van der Waals surface area contributed by atoms with E-state index in [4.69, 9.17) is 9.47 Å². The Kier molecular flexibility index (Phi) is 6.77. The molecule has 0 fully saturated rings. The molecule has 0 aromatic heterocycles. The normalized spacial score (nSPS) is 10.0. The zero-order valence-corrected chi connectivity index (χ0v) is 13.4. The molecule has 0 aliphatic heterocycles. The highest BCUT2D eigenvalue weighted by Gasteiger charge is 2.08. The average Bonchev–Trinajstić information content (AvgIpc) is 2.56. The Bertz CT molecular complexity index is 692. The van der Waals surface area contributed by atoms with Crippen LogP contribution >= 0.6 is 0 Å². The third-order valence-electron chi connectivity index (χ3n) is 3.35. The van der Waals surface area contributed by atoms with Crippen molar-refractivity contribution in [2.24, 2.45) is 0 Å². The van der Waals surface area contributed by atoms with Crippen molar-refractivity contribution in [1.82, 2.24) is 0 Å². The summed E-state index contributed by atoms with van der Waals surface area (Å²) in [4.78, 5) is 23.4. The smallest absolute Gasteiger partial charge is 0.313 e. The molecule has 0 amide bonds.